The lowest BCUT2D eigenvalue weighted by molar-refractivity contribution is -0.135. The molecule has 2 amide bonds. The molecule has 1 aromatic heterocycles. The van der Waals surface area contributed by atoms with Gasteiger partial charge in [0.05, 0.1) is 12.6 Å². The smallest absolute Gasteiger partial charge is 0.247 e. The standard InChI is InChI=1S/C31H39BrN6O2/c1-19(2)33-24-8-6-7-23(16-24)27-18-38(35-34-27)28-11-14-37(31(28)40)25-9-12-36(13-10-25)29(39)17-26-20(3)15-21(4)30(32)22(26)5/h6-8,15-16,18-19,25,28,33H,9-14,17H2,1-5H3. The molecule has 212 valence electrons. The van der Waals surface area contributed by atoms with E-state index in [2.05, 4.69) is 78.3 Å². The van der Waals surface area contributed by atoms with E-state index < -0.39 is 0 Å². The van der Waals surface area contributed by atoms with E-state index in [-0.39, 0.29) is 23.9 Å². The van der Waals surface area contributed by atoms with Gasteiger partial charge >= 0.3 is 0 Å². The maximum absolute atomic E-state index is 13.5. The van der Waals surface area contributed by atoms with Gasteiger partial charge in [0.25, 0.3) is 0 Å². The Balaban J connectivity index is 1.18. The lowest BCUT2D eigenvalue weighted by Gasteiger charge is -2.37. The molecule has 0 radical (unpaired) electrons. The highest BCUT2D eigenvalue weighted by atomic mass is 79.9. The predicted molar refractivity (Wildman–Crippen MR) is 161 cm³/mol. The van der Waals surface area contributed by atoms with Crippen LogP contribution in [0.1, 0.15) is 61.4 Å². The Bertz CT molecular complexity index is 1410. The molecule has 3 aromatic rings. The van der Waals surface area contributed by atoms with Gasteiger partial charge < -0.3 is 15.1 Å². The van der Waals surface area contributed by atoms with E-state index in [1.54, 1.807) is 4.68 Å². The minimum atomic E-state index is -0.330. The van der Waals surface area contributed by atoms with Crippen molar-refractivity contribution in [3.8, 4) is 11.3 Å². The molecule has 9 heteroatoms. The first kappa shape index (κ1) is 28.3. The molecule has 2 aliphatic heterocycles. The molecule has 1 atom stereocenters. The van der Waals surface area contributed by atoms with Crippen LogP contribution in [0.2, 0.25) is 0 Å². The number of carbonyl (C=O) groups is 2. The molecule has 2 aliphatic rings. The normalized spacial score (nSPS) is 18.2. The lowest BCUT2D eigenvalue weighted by atomic mass is 9.96. The number of aromatic nitrogens is 3. The van der Waals surface area contributed by atoms with Gasteiger partial charge in [-0.25, -0.2) is 4.68 Å². The number of piperidine rings is 1. The van der Waals surface area contributed by atoms with Gasteiger partial charge in [0.15, 0.2) is 0 Å². The van der Waals surface area contributed by atoms with Gasteiger partial charge in [0, 0.05) is 47.4 Å². The lowest BCUT2D eigenvalue weighted by Crippen LogP contribution is -2.48. The summed E-state index contributed by atoms with van der Waals surface area (Å²) >= 11 is 3.67. The molecule has 40 heavy (non-hydrogen) atoms. The summed E-state index contributed by atoms with van der Waals surface area (Å²) in [6, 6.07) is 10.4. The highest BCUT2D eigenvalue weighted by Crippen LogP contribution is 2.31. The summed E-state index contributed by atoms with van der Waals surface area (Å²) in [5, 5.41) is 12.1. The number of anilines is 1. The minimum Gasteiger partial charge on any atom is -0.383 e. The fourth-order valence-electron chi connectivity index (χ4n) is 6.12. The molecule has 5 rings (SSSR count). The van der Waals surface area contributed by atoms with Crippen LogP contribution in [0.15, 0.2) is 41.0 Å². The number of hydrogen-bond acceptors (Lipinski definition) is 5. The monoisotopic (exact) mass is 606 g/mol. The third-order valence-electron chi connectivity index (χ3n) is 8.28. The number of hydrogen-bond donors (Lipinski definition) is 1. The largest absolute Gasteiger partial charge is 0.383 e. The van der Waals surface area contributed by atoms with Crippen LogP contribution in [0.3, 0.4) is 0 Å². The van der Waals surface area contributed by atoms with Crippen molar-refractivity contribution in [2.75, 3.05) is 25.0 Å². The maximum atomic E-state index is 13.5. The van der Waals surface area contributed by atoms with Crippen LogP contribution >= 0.6 is 15.9 Å². The Labute approximate surface area is 245 Å². The van der Waals surface area contributed by atoms with Crippen LogP contribution in [0.5, 0.6) is 0 Å². The van der Waals surface area contributed by atoms with Gasteiger partial charge in [-0.3, -0.25) is 9.59 Å². The first-order valence-electron chi connectivity index (χ1n) is 14.2. The number of rotatable bonds is 7. The van der Waals surface area contributed by atoms with E-state index in [1.165, 1.54) is 5.56 Å². The molecular weight excluding hydrogens is 568 g/mol. The SMILES string of the molecule is Cc1cc(C)c(CC(=O)N2CCC(N3CCC(n4cc(-c5cccc(NC(C)C)c5)nn4)C3=O)CC2)c(C)c1Br. The zero-order valence-corrected chi connectivity index (χ0v) is 25.7. The summed E-state index contributed by atoms with van der Waals surface area (Å²) in [4.78, 5) is 30.6. The van der Waals surface area contributed by atoms with E-state index in [4.69, 9.17) is 0 Å². The Morgan fingerprint density at radius 1 is 1.07 bits per heavy atom. The predicted octanol–water partition coefficient (Wildman–Crippen LogP) is 5.46. The zero-order chi connectivity index (χ0) is 28.6. The molecule has 1 N–H and O–H groups in total. The molecule has 0 saturated carbocycles. The topological polar surface area (TPSA) is 83.4 Å². The second-order valence-corrected chi connectivity index (χ2v) is 12.3. The number of carbonyl (C=O) groups excluding carboxylic acids is 2. The number of nitrogens with zero attached hydrogens (tertiary/aromatic N) is 5. The molecule has 1 unspecified atom stereocenters. The summed E-state index contributed by atoms with van der Waals surface area (Å²) in [5.41, 5.74) is 7.37. The van der Waals surface area contributed by atoms with Crippen molar-refractivity contribution in [3.63, 3.8) is 0 Å². The summed E-state index contributed by atoms with van der Waals surface area (Å²) < 4.78 is 2.81. The van der Waals surface area contributed by atoms with Crippen molar-refractivity contribution in [1.82, 2.24) is 24.8 Å². The molecule has 3 heterocycles. The highest BCUT2D eigenvalue weighted by molar-refractivity contribution is 9.10. The molecule has 0 bridgehead atoms. The van der Waals surface area contributed by atoms with Crippen LogP contribution in [-0.2, 0) is 16.0 Å². The molecule has 2 aromatic carbocycles. The van der Waals surface area contributed by atoms with Crippen molar-refractivity contribution >= 4 is 33.4 Å². The van der Waals surface area contributed by atoms with Crippen LogP contribution in [0, 0.1) is 20.8 Å². The van der Waals surface area contributed by atoms with E-state index in [0.717, 1.165) is 57.4 Å². The number of amides is 2. The third kappa shape index (κ3) is 5.80. The minimum absolute atomic E-state index is 0.104. The van der Waals surface area contributed by atoms with E-state index in [9.17, 15) is 9.59 Å². The van der Waals surface area contributed by atoms with Gasteiger partial charge in [-0.1, -0.05) is 39.3 Å². The quantitative estimate of drug-likeness (QED) is 0.386. The van der Waals surface area contributed by atoms with Crippen molar-refractivity contribution in [1.29, 1.82) is 0 Å². The van der Waals surface area contributed by atoms with Crippen LogP contribution < -0.4 is 5.32 Å². The average Bonchev–Trinajstić information content (AvgIpc) is 3.56. The summed E-state index contributed by atoms with van der Waals surface area (Å²) in [6.07, 6.45) is 4.62. The second kappa shape index (κ2) is 11.7. The van der Waals surface area contributed by atoms with E-state index >= 15 is 0 Å². The van der Waals surface area contributed by atoms with Crippen LogP contribution in [0.25, 0.3) is 11.3 Å². The van der Waals surface area contributed by atoms with Crippen molar-refractivity contribution in [2.45, 2.75) is 78.4 Å². The number of aryl methyl sites for hydroxylation is 2. The number of halogens is 1. The van der Waals surface area contributed by atoms with Gasteiger partial charge in [-0.05, 0) is 88.3 Å². The summed E-state index contributed by atoms with van der Waals surface area (Å²) in [5.74, 6) is 0.265. The first-order chi connectivity index (χ1) is 19.1. The Hall–Kier alpha value is -3.20. The van der Waals surface area contributed by atoms with Crippen molar-refractivity contribution in [3.05, 3.63) is 63.3 Å². The Kier molecular flexibility index (Phi) is 8.31. The molecule has 0 aliphatic carbocycles. The van der Waals surface area contributed by atoms with Gasteiger partial charge in [0.1, 0.15) is 11.7 Å². The number of likely N-dealkylation sites (tertiary alicyclic amines) is 2. The van der Waals surface area contributed by atoms with Gasteiger partial charge in [0.2, 0.25) is 11.8 Å². The van der Waals surface area contributed by atoms with Gasteiger partial charge in [-0.2, -0.15) is 0 Å². The summed E-state index contributed by atoms with van der Waals surface area (Å²) in [6.45, 7) is 12.5. The molecule has 0 spiro atoms. The number of benzene rings is 2. The van der Waals surface area contributed by atoms with Crippen molar-refractivity contribution < 1.29 is 9.59 Å². The molecule has 8 nitrogen and oxygen atoms in total. The molecule has 2 saturated heterocycles. The zero-order valence-electron chi connectivity index (χ0n) is 24.1. The van der Waals surface area contributed by atoms with Gasteiger partial charge in [-0.15, -0.1) is 5.10 Å². The highest BCUT2D eigenvalue weighted by Gasteiger charge is 2.39. The Morgan fingerprint density at radius 3 is 2.55 bits per heavy atom. The van der Waals surface area contributed by atoms with Crippen LogP contribution in [0.4, 0.5) is 5.69 Å². The average molecular weight is 608 g/mol. The Morgan fingerprint density at radius 2 is 1.82 bits per heavy atom. The maximum Gasteiger partial charge on any atom is 0.247 e. The summed E-state index contributed by atoms with van der Waals surface area (Å²) in [7, 11) is 0. The van der Waals surface area contributed by atoms with Crippen LogP contribution in [-0.4, -0.2) is 68.3 Å². The van der Waals surface area contributed by atoms with Crippen molar-refractivity contribution in [2.24, 2.45) is 0 Å². The third-order valence-corrected chi connectivity index (χ3v) is 9.50. The first-order valence-corrected chi connectivity index (χ1v) is 15.0. The fraction of sp³-hybridized carbons (Fsp3) is 0.484. The fourth-order valence-corrected chi connectivity index (χ4v) is 6.47. The van der Waals surface area contributed by atoms with E-state index in [0.29, 0.717) is 32.1 Å². The second-order valence-electron chi connectivity index (χ2n) is 11.5. The molecular formula is C31H39BrN6O2. The number of nitrogens with one attached hydrogen (secondary N) is 1. The van der Waals surface area contributed by atoms with E-state index in [1.807, 2.05) is 34.2 Å². The molecule has 2 fully saturated rings.